The number of unbranched alkanes of at least 4 members (excludes halogenated alkanes) is 1. The van der Waals surface area contributed by atoms with Crippen LogP contribution in [-0.4, -0.2) is 14.0 Å². The topological polar surface area (TPSA) is 0 Å². The molecule has 3 rings (SSSR count). The number of hydrogen-bond donors (Lipinski definition) is 0. The zero-order chi connectivity index (χ0) is 17.4. The van der Waals surface area contributed by atoms with Gasteiger partial charge in [0.2, 0.25) is 0 Å². The van der Waals surface area contributed by atoms with E-state index in [4.69, 9.17) is 11.6 Å². The number of alkyl halides is 1. The van der Waals surface area contributed by atoms with E-state index in [1.807, 2.05) is 0 Å². The average molecular weight is 363 g/mol. The predicted octanol–water partition coefficient (Wildman–Crippen LogP) is 4.27. The fraction of sp³-hybridized carbons (Fsp3) is 0.130. The van der Waals surface area contributed by atoms with E-state index in [1.54, 1.807) is 0 Å². The van der Waals surface area contributed by atoms with Crippen LogP contribution in [0.15, 0.2) is 103 Å². The van der Waals surface area contributed by atoms with Gasteiger partial charge >= 0.3 is 0 Å². The fourth-order valence-corrected chi connectivity index (χ4v) is 7.75. The highest BCUT2D eigenvalue weighted by atomic mass is 35.5. The molecular weight excluding hydrogens is 340 g/mol. The Labute approximate surface area is 156 Å². The minimum absolute atomic E-state index is 0.709. The second-order valence-electron chi connectivity index (χ2n) is 6.14. The fourth-order valence-electron chi connectivity index (χ4n) is 3.35. The van der Waals surface area contributed by atoms with Crippen LogP contribution < -0.4 is 15.6 Å². The lowest BCUT2D eigenvalue weighted by atomic mass is 10.3. The maximum Gasteiger partial charge on any atom is 0.172 e. The van der Waals surface area contributed by atoms with Crippen LogP contribution in [-0.2, 0) is 0 Å². The Morgan fingerprint density at radius 1 is 0.640 bits per heavy atom. The van der Waals surface area contributed by atoms with Gasteiger partial charge in [0.1, 0.15) is 0 Å². The summed E-state index contributed by atoms with van der Waals surface area (Å²) in [5, 5.41) is 4.23. The third-order valence-corrected chi connectivity index (χ3v) is 9.29. The number of rotatable bonds is 7. The Balaban J connectivity index is 2.22. The van der Waals surface area contributed by atoms with Crippen LogP contribution in [0, 0.1) is 0 Å². The van der Waals surface area contributed by atoms with Gasteiger partial charge in [-0.3, -0.25) is 0 Å². The summed E-state index contributed by atoms with van der Waals surface area (Å²) >= 11 is 5.88. The van der Waals surface area contributed by atoms with Crippen LogP contribution in [0.5, 0.6) is 0 Å². The molecule has 0 radical (unpaired) electrons. The van der Waals surface area contributed by atoms with Gasteiger partial charge in [-0.25, -0.2) is 0 Å². The molecule has 3 aromatic carbocycles. The Kier molecular flexibility index (Phi) is 6.27. The van der Waals surface area contributed by atoms with E-state index in [9.17, 15) is 0 Å². The normalized spacial score (nSPS) is 11.7. The highest BCUT2D eigenvalue weighted by Gasteiger charge is 2.36. The summed E-state index contributed by atoms with van der Waals surface area (Å²) in [6.07, 6.45) is 4.37. The van der Waals surface area contributed by atoms with Crippen molar-refractivity contribution in [1.82, 2.24) is 0 Å². The average Bonchev–Trinajstić information content (AvgIpc) is 2.70. The third-order valence-electron chi connectivity index (χ3n) is 4.56. The second kappa shape index (κ2) is 8.84. The predicted molar refractivity (Wildman–Crippen MR) is 113 cm³/mol. The van der Waals surface area contributed by atoms with E-state index in [2.05, 4.69) is 103 Å². The summed E-state index contributed by atoms with van der Waals surface area (Å²) < 4.78 is 0. The summed E-state index contributed by atoms with van der Waals surface area (Å²) in [6, 6.07) is 32.8. The Bertz CT molecular complexity index is 685. The van der Waals surface area contributed by atoms with Gasteiger partial charge in [0, 0.05) is 5.88 Å². The van der Waals surface area contributed by atoms with Crippen LogP contribution in [0.2, 0.25) is 0 Å². The molecule has 25 heavy (non-hydrogen) atoms. The van der Waals surface area contributed by atoms with Crippen LogP contribution in [0.25, 0.3) is 0 Å². The number of halogens is 1. The van der Waals surface area contributed by atoms with Crippen molar-refractivity contribution >= 4 is 35.2 Å². The van der Waals surface area contributed by atoms with Crippen molar-refractivity contribution < 1.29 is 0 Å². The summed E-state index contributed by atoms with van der Waals surface area (Å²) in [5.74, 6) is 0.709. The van der Waals surface area contributed by atoms with Crippen molar-refractivity contribution in [3.63, 3.8) is 0 Å². The van der Waals surface area contributed by atoms with Crippen molar-refractivity contribution in [3.8, 4) is 0 Å². The summed E-state index contributed by atoms with van der Waals surface area (Å²) in [4.78, 5) is 0. The van der Waals surface area contributed by atoms with Gasteiger partial charge < -0.3 is 0 Å². The zero-order valence-corrected chi connectivity index (χ0v) is 16.1. The molecule has 0 spiro atoms. The van der Waals surface area contributed by atoms with Crippen LogP contribution in [0.3, 0.4) is 0 Å². The molecule has 0 unspecified atom stereocenters. The smallest absolute Gasteiger partial charge is 0.127 e. The highest BCUT2D eigenvalue weighted by molar-refractivity contribution is 7.14. The maximum atomic E-state index is 5.88. The van der Waals surface area contributed by atoms with Gasteiger partial charge in [-0.05, 0) is 28.4 Å². The Morgan fingerprint density at radius 2 is 1.04 bits per heavy atom. The molecule has 2 heteroatoms. The standard InChI is InChI=1S/C23H23ClSi/c24-19-11-4-12-20-25(21-13-5-1-6-14-21,22-15-7-2-8-16-22)23-17-9-3-10-18-23/h1-3,5-10,12-18,20H,4,11,19H2/b20-12-. The van der Waals surface area contributed by atoms with Gasteiger partial charge in [-0.2, -0.15) is 0 Å². The molecular formula is C23H23ClSi. The molecule has 0 bridgehead atoms. The molecule has 0 fully saturated rings. The molecule has 0 saturated heterocycles. The number of allylic oxidation sites excluding steroid dienone is 1. The molecule has 0 atom stereocenters. The molecule has 0 nitrogen and oxygen atoms in total. The third kappa shape index (κ3) is 3.95. The van der Waals surface area contributed by atoms with E-state index in [0.29, 0.717) is 5.88 Å². The van der Waals surface area contributed by atoms with Crippen molar-refractivity contribution in [3.05, 3.63) is 103 Å². The second-order valence-corrected chi connectivity index (χ2v) is 10.2. The van der Waals surface area contributed by atoms with Gasteiger partial charge in [-0.15, -0.1) is 11.6 Å². The lowest BCUT2D eigenvalue weighted by molar-refractivity contribution is 0.967. The minimum atomic E-state index is -2.20. The van der Waals surface area contributed by atoms with Crippen LogP contribution in [0.4, 0.5) is 0 Å². The van der Waals surface area contributed by atoms with Crippen molar-refractivity contribution in [2.24, 2.45) is 0 Å². The molecule has 0 aliphatic rings. The van der Waals surface area contributed by atoms with Gasteiger partial charge in [0.25, 0.3) is 0 Å². The molecule has 126 valence electrons. The first-order chi connectivity index (χ1) is 12.4. The van der Waals surface area contributed by atoms with Crippen LogP contribution in [0.1, 0.15) is 12.8 Å². The largest absolute Gasteiger partial charge is 0.172 e. The molecule has 0 N–H and O–H groups in total. The molecule has 0 aliphatic heterocycles. The molecule has 0 saturated carbocycles. The summed E-state index contributed by atoms with van der Waals surface area (Å²) in [6.45, 7) is 0. The summed E-state index contributed by atoms with van der Waals surface area (Å²) in [5.41, 5.74) is 2.49. The number of hydrogen-bond acceptors (Lipinski definition) is 0. The lowest BCUT2D eigenvalue weighted by Gasteiger charge is -2.30. The molecule has 0 heterocycles. The van der Waals surface area contributed by atoms with E-state index in [1.165, 1.54) is 15.6 Å². The first kappa shape index (κ1) is 17.7. The molecule has 3 aromatic rings. The van der Waals surface area contributed by atoms with Crippen molar-refractivity contribution in [2.75, 3.05) is 5.88 Å². The van der Waals surface area contributed by atoms with E-state index < -0.39 is 8.07 Å². The van der Waals surface area contributed by atoms with E-state index in [-0.39, 0.29) is 0 Å². The monoisotopic (exact) mass is 362 g/mol. The zero-order valence-electron chi connectivity index (χ0n) is 14.3. The molecule has 0 aliphatic carbocycles. The van der Waals surface area contributed by atoms with Crippen LogP contribution >= 0.6 is 11.6 Å². The Morgan fingerprint density at radius 3 is 1.40 bits per heavy atom. The van der Waals surface area contributed by atoms with Crippen molar-refractivity contribution in [1.29, 1.82) is 0 Å². The first-order valence-electron chi connectivity index (χ1n) is 8.78. The Hall–Kier alpha value is -2.09. The molecule has 0 amide bonds. The van der Waals surface area contributed by atoms with Gasteiger partial charge in [0.05, 0.1) is 0 Å². The minimum Gasteiger partial charge on any atom is -0.127 e. The summed E-state index contributed by atoms with van der Waals surface area (Å²) in [7, 11) is -2.20. The first-order valence-corrected chi connectivity index (χ1v) is 11.4. The van der Waals surface area contributed by atoms with Gasteiger partial charge in [-0.1, -0.05) is 103 Å². The van der Waals surface area contributed by atoms with Crippen molar-refractivity contribution in [2.45, 2.75) is 12.8 Å². The van der Waals surface area contributed by atoms with E-state index >= 15 is 0 Å². The lowest BCUT2D eigenvalue weighted by Crippen LogP contribution is -2.66. The highest BCUT2D eigenvalue weighted by Crippen LogP contribution is 2.10. The van der Waals surface area contributed by atoms with E-state index in [0.717, 1.165) is 12.8 Å². The quantitative estimate of drug-likeness (QED) is 0.255. The van der Waals surface area contributed by atoms with Gasteiger partial charge in [0.15, 0.2) is 8.07 Å². The number of benzene rings is 3. The molecule has 0 aromatic heterocycles. The maximum absolute atomic E-state index is 5.88. The SMILES string of the molecule is ClCCC/C=C\[Si](c1ccccc1)(c1ccccc1)c1ccccc1.